The van der Waals surface area contributed by atoms with Gasteiger partial charge in [-0.25, -0.2) is 9.97 Å². The van der Waals surface area contributed by atoms with Crippen LogP contribution < -0.4 is 15.5 Å². The van der Waals surface area contributed by atoms with Gasteiger partial charge < -0.3 is 15.5 Å². The monoisotopic (exact) mass is 353 g/mol. The number of piperidine rings is 1. The topological polar surface area (TPSA) is 53.1 Å². The van der Waals surface area contributed by atoms with Crippen molar-refractivity contribution in [2.45, 2.75) is 40.5 Å². The summed E-state index contributed by atoms with van der Waals surface area (Å²) in [6.07, 6.45) is 2.57. The molecule has 3 rings (SSSR count). The maximum Gasteiger partial charge on any atom is 0.136 e. The Kier molecular flexibility index (Phi) is 5.96. The Hall–Kier alpha value is -2.30. The van der Waals surface area contributed by atoms with E-state index in [2.05, 4.69) is 70.5 Å². The van der Waals surface area contributed by atoms with Crippen molar-refractivity contribution in [2.24, 2.45) is 11.8 Å². The molecule has 1 aliphatic rings. The quantitative estimate of drug-likeness (QED) is 0.779. The van der Waals surface area contributed by atoms with Crippen molar-refractivity contribution in [3.63, 3.8) is 0 Å². The molecule has 5 heteroatoms. The average Bonchev–Trinajstić information content (AvgIpc) is 2.61. The molecule has 2 heterocycles. The number of benzene rings is 1. The number of aryl methyl sites for hydroxylation is 1. The van der Waals surface area contributed by atoms with E-state index in [1.165, 1.54) is 18.5 Å². The van der Waals surface area contributed by atoms with Crippen LogP contribution in [0.1, 0.15) is 39.4 Å². The van der Waals surface area contributed by atoms with Crippen LogP contribution in [0, 0.1) is 18.8 Å². The molecule has 0 amide bonds. The minimum atomic E-state index is 0.576. The lowest BCUT2D eigenvalue weighted by Crippen LogP contribution is -2.32. The molecule has 0 spiro atoms. The summed E-state index contributed by atoms with van der Waals surface area (Å²) in [5.41, 5.74) is 2.35. The van der Waals surface area contributed by atoms with Gasteiger partial charge in [0.1, 0.15) is 17.5 Å². The van der Waals surface area contributed by atoms with E-state index in [1.54, 1.807) is 0 Å². The Morgan fingerprint density at radius 3 is 2.38 bits per heavy atom. The summed E-state index contributed by atoms with van der Waals surface area (Å²) in [4.78, 5) is 11.4. The molecule has 0 radical (unpaired) electrons. The summed E-state index contributed by atoms with van der Waals surface area (Å²) in [5.74, 6) is 3.88. The number of nitrogens with one attached hydrogen (secondary N) is 2. The van der Waals surface area contributed by atoms with E-state index in [-0.39, 0.29) is 0 Å². The molecule has 2 aromatic rings. The Bertz CT molecular complexity index is 703. The fourth-order valence-corrected chi connectivity index (χ4v) is 3.20. The molecule has 0 saturated carbocycles. The smallest absolute Gasteiger partial charge is 0.136 e. The number of nitrogens with zero attached hydrogens (tertiary/aromatic N) is 3. The zero-order chi connectivity index (χ0) is 18.5. The molecule has 0 atom stereocenters. The summed E-state index contributed by atoms with van der Waals surface area (Å²) >= 11 is 0. The van der Waals surface area contributed by atoms with Crippen molar-refractivity contribution in [1.29, 1.82) is 0 Å². The molecule has 0 aliphatic carbocycles. The maximum atomic E-state index is 4.50. The van der Waals surface area contributed by atoms with Gasteiger partial charge in [0.05, 0.1) is 0 Å². The van der Waals surface area contributed by atoms with Gasteiger partial charge >= 0.3 is 0 Å². The third-order valence-corrected chi connectivity index (χ3v) is 4.82. The minimum Gasteiger partial charge on any atom is -0.372 e. The summed E-state index contributed by atoms with van der Waals surface area (Å²) in [6, 6.07) is 10.6. The van der Waals surface area contributed by atoms with Gasteiger partial charge in [-0.2, -0.15) is 0 Å². The van der Waals surface area contributed by atoms with Crippen LogP contribution in [-0.4, -0.2) is 29.6 Å². The van der Waals surface area contributed by atoms with E-state index in [0.29, 0.717) is 5.92 Å². The lowest BCUT2D eigenvalue weighted by atomic mass is 9.99. The van der Waals surface area contributed by atoms with Crippen molar-refractivity contribution in [3.05, 3.63) is 36.2 Å². The fraction of sp³-hybridized carbons (Fsp3) is 0.524. The minimum absolute atomic E-state index is 0.576. The molecular formula is C21H31N5. The standard InChI is InChI=1S/C21H31N5/c1-15(2)14-22-20-13-21(24-17(4)23-20)25-18-5-7-19(8-6-18)26-11-9-16(3)10-12-26/h5-8,13,15-16H,9-12,14H2,1-4H3,(H2,22,23,24,25). The molecule has 1 fully saturated rings. The third-order valence-electron chi connectivity index (χ3n) is 4.82. The lowest BCUT2D eigenvalue weighted by Gasteiger charge is -2.32. The highest BCUT2D eigenvalue weighted by Gasteiger charge is 2.15. The molecule has 1 aromatic heterocycles. The number of rotatable bonds is 6. The molecule has 5 nitrogen and oxygen atoms in total. The maximum absolute atomic E-state index is 4.50. The molecule has 1 aliphatic heterocycles. The first-order valence-corrected chi connectivity index (χ1v) is 9.71. The molecule has 140 valence electrons. The number of aromatic nitrogens is 2. The van der Waals surface area contributed by atoms with Crippen LogP contribution in [0.15, 0.2) is 30.3 Å². The van der Waals surface area contributed by atoms with Crippen molar-refractivity contribution < 1.29 is 0 Å². The van der Waals surface area contributed by atoms with Gasteiger partial charge in [-0.3, -0.25) is 0 Å². The molecular weight excluding hydrogens is 322 g/mol. The van der Waals surface area contributed by atoms with Crippen LogP contribution in [-0.2, 0) is 0 Å². The van der Waals surface area contributed by atoms with E-state index in [9.17, 15) is 0 Å². The molecule has 26 heavy (non-hydrogen) atoms. The van der Waals surface area contributed by atoms with Gasteiger partial charge in [-0.15, -0.1) is 0 Å². The van der Waals surface area contributed by atoms with Gasteiger partial charge in [-0.05, 0) is 55.9 Å². The molecule has 1 aromatic carbocycles. The second kappa shape index (κ2) is 8.39. The lowest BCUT2D eigenvalue weighted by molar-refractivity contribution is 0.438. The van der Waals surface area contributed by atoms with Crippen molar-refractivity contribution in [1.82, 2.24) is 9.97 Å². The van der Waals surface area contributed by atoms with Crippen LogP contribution in [0.3, 0.4) is 0 Å². The molecule has 1 saturated heterocycles. The van der Waals surface area contributed by atoms with E-state index < -0.39 is 0 Å². The zero-order valence-corrected chi connectivity index (χ0v) is 16.4. The summed E-state index contributed by atoms with van der Waals surface area (Å²) in [7, 11) is 0. The zero-order valence-electron chi connectivity index (χ0n) is 16.4. The van der Waals surface area contributed by atoms with E-state index in [4.69, 9.17) is 0 Å². The van der Waals surface area contributed by atoms with E-state index in [0.717, 1.165) is 48.7 Å². The second-order valence-electron chi connectivity index (χ2n) is 7.80. The van der Waals surface area contributed by atoms with Crippen molar-refractivity contribution in [2.75, 3.05) is 35.2 Å². The second-order valence-corrected chi connectivity index (χ2v) is 7.80. The van der Waals surface area contributed by atoms with Gasteiger partial charge in [-0.1, -0.05) is 20.8 Å². The predicted molar refractivity (Wildman–Crippen MR) is 110 cm³/mol. The number of anilines is 4. The van der Waals surface area contributed by atoms with Crippen LogP contribution >= 0.6 is 0 Å². The van der Waals surface area contributed by atoms with Crippen molar-refractivity contribution in [3.8, 4) is 0 Å². The first-order valence-electron chi connectivity index (χ1n) is 9.71. The SMILES string of the molecule is Cc1nc(NCC(C)C)cc(Nc2ccc(N3CCC(C)CC3)cc2)n1. The van der Waals surface area contributed by atoms with Crippen LogP contribution in [0.5, 0.6) is 0 Å². The molecule has 0 bridgehead atoms. The molecule has 0 unspecified atom stereocenters. The summed E-state index contributed by atoms with van der Waals surface area (Å²) in [5, 5.41) is 6.77. The normalized spacial score (nSPS) is 15.3. The number of hydrogen-bond donors (Lipinski definition) is 2. The first kappa shape index (κ1) is 18.5. The van der Waals surface area contributed by atoms with Gasteiger partial charge in [0.25, 0.3) is 0 Å². The Morgan fingerprint density at radius 2 is 1.73 bits per heavy atom. The third kappa shape index (κ3) is 5.10. The Balaban J connectivity index is 1.65. The number of hydrogen-bond acceptors (Lipinski definition) is 5. The highest BCUT2D eigenvalue weighted by atomic mass is 15.1. The van der Waals surface area contributed by atoms with Crippen LogP contribution in [0.25, 0.3) is 0 Å². The van der Waals surface area contributed by atoms with Gasteiger partial charge in [0.2, 0.25) is 0 Å². The Labute approximate surface area is 157 Å². The Morgan fingerprint density at radius 1 is 1.08 bits per heavy atom. The predicted octanol–water partition coefficient (Wildman–Crippen LogP) is 4.83. The van der Waals surface area contributed by atoms with E-state index in [1.807, 2.05) is 13.0 Å². The largest absolute Gasteiger partial charge is 0.372 e. The van der Waals surface area contributed by atoms with Gasteiger partial charge in [0.15, 0.2) is 0 Å². The van der Waals surface area contributed by atoms with Gasteiger partial charge in [0, 0.05) is 37.1 Å². The fourth-order valence-electron chi connectivity index (χ4n) is 3.20. The average molecular weight is 354 g/mol. The molecule has 2 N–H and O–H groups in total. The highest BCUT2D eigenvalue weighted by molar-refractivity contribution is 5.62. The van der Waals surface area contributed by atoms with Crippen LogP contribution in [0.2, 0.25) is 0 Å². The summed E-state index contributed by atoms with van der Waals surface area (Å²) in [6.45, 7) is 11.9. The van der Waals surface area contributed by atoms with Crippen LogP contribution in [0.4, 0.5) is 23.0 Å². The summed E-state index contributed by atoms with van der Waals surface area (Å²) < 4.78 is 0. The van der Waals surface area contributed by atoms with Crippen molar-refractivity contribution >= 4 is 23.0 Å². The van der Waals surface area contributed by atoms with E-state index >= 15 is 0 Å². The highest BCUT2D eigenvalue weighted by Crippen LogP contribution is 2.25. The first-order chi connectivity index (χ1) is 12.5.